The van der Waals surface area contributed by atoms with Crippen molar-refractivity contribution >= 4 is 70.3 Å². The minimum atomic E-state index is -3.58. The molecular weight excluding hydrogens is 1890 g/mol. The molecule has 25 nitrogen and oxygen atoms in total. The smallest absolute Gasteiger partial charge is 0.374 e. The maximum atomic E-state index is 12.6. The van der Waals surface area contributed by atoms with Crippen molar-refractivity contribution in [1.82, 2.24) is 0 Å². The lowest BCUT2D eigenvalue weighted by Gasteiger charge is -2.63. The molecule has 144 heavy (non-hydrogen) atoms. The fourth-order valence-electron chi connectivity index (χ4n) is 36.1. The Morgan fingerprint density at radius 3 is 0.917 bits per heavy atom. The second-order valence-corrected chi connectivity index (χ2v) is 52.1. The number of benzene rings is 3. The number of hydrogen-bond donors (Lipinski definition) is 8. The lowest BCUT2D eigenvalue weighted by atomic mass is 9.47. The van der Waals surface area contributed by atoms with Crippen LogP contribution in [0.2, 0.25) is 0 Å². The minimum Gasteiger partial charge on any atom is -0.477 e. The lowest BCUT2D eigenvalue weighted by Crippen LogP contribution is -2.64. The van der Waals surface area contributed by atoms with Gasteiger partial charge in [0.15, 0.2) is 14.7 Å². The average molecular weight is 2040 g/mol. The molecule has 0 aromatic heterocycles. The quantitative estimate of drug-likeness (QED) is 0.0161. The van der Waals surface area contributed by atoms with Gasteiger partial charge in [0.1, 0.15) is 61.3 Å². The molecule has 26 bridgehead atoms. The van der Waals surface area contributed by atoms with E-state index in [9.17, 15) is 82.9 Å². The van der Waals surface area contributed by atoms with Gasteiger partial charge in [-0.15, -0.1) is 11.6 Å². The van der Waals surface area contributed by atoms with Gasteiger partial charge in [-0.3, -0.25) is 19.2 Å². The van der Waals surface area contributed by atoms with Crippen molar-refractivity contribution in [2.75, 3.05) is 19.1 Å². The van der Waals surface area contributed by atoms with E-state index < -0.39 is 57.1 Å². The first-order valence-corrected chi connectivity index (χ1v) is 56.7. The van der Waals surface area contributed by atoms with Crippen LogP contribution in [0.4, 0.5) is 8.78 Å². The van der Waals surface area contributed by atoms with Crippen molar-refractivity contribution in [3.8, 4) is 0 Å². The van der Waals surface area contributed by atoms with Gasteiger partial charge in [-0.2, -0.15) is 8.78 Å². The van der Waals surface area contributed by atoms with Crippen molar-refractivity contribution in [1.29, 1.82) is 0 Å². The van der Waals surface area contributed by atoms with Crippen LogP contribution >= 0.6 is 11.6 Å². The van der Waals surface area contributed by atoms with Crippen LogP contribution in [0.3, 0.4) is 0 Å². The molecule has 8 N–H and O–H groups in total. The second kappa shape index (κ2) is 39.5. The summed E-state index contributed by atoms with van der Waals surface area (Å²) < 4.78 is 73.8. The summed E-state index contributed by atoms with van der Waals surface area (Å²) in [6.07, 6.45) is 32.5. The van der Waals surface area contributed by atoms with Crippen LogP contribution in [0.25, 0.3) is 0 Å². The van der Waals surface area contributed by atoms with Gasteiger partial charge in [0, 0.05) is 59.8 Å². The number of carbonyl (C=O) groups excluding carboxylic acids is 7. The largest absolute Gasteiger partial charge is 0.477 e. The molecule has 0 amide bonds. The third-order valence-corrected chi connectivity index (χ3v) is 44.1. The van der Waals surface area contributed by atoms with Gasteiger partial charge in [0.2, 0.25) is 0 Å². The fourth-order valence-corrected chi connectivity index (χ4v) is 38.2. The number of ether oxygens (including phenoxy) is 9. The number of carboxylic acid groups (broad SMARTS) is 1. The first-order chi connectivity index (χ1) is 68.4. The standard InChI is InChI=1S/2C22H30O6.C18H15S.C16H24O3.2C12H20O2.C10H11ClO4.C3H4F2O2/c2*1-2-22(25)13-3-11-4-14(22)9-21(7-11,8-13)26-10-17(23)27-18-12-5-15-16(6-12)20(24)28-19(15)18;1-4-10-16(11-5-1)19(17-12-6-2-7-13-17)18-14-8-3-9-15-18;1-4-16(19-14(17)10(2)3)12-5-11-6-13(16)9-15(18,7-11)8-12;2*1-2-12(14)9-3-8-4-10(12)7-11(13,5-8)6-9;11-3-7(12)14-8-4-1-5-6(2-4)10(13)15-9(5)8;1-3(4,5)2(6)7/h2*11-16,18-19,25H,2-10H2,1H3;1-15H;11-13,18H,2,4-9H2,1,3H3;2*8-10,13-14H,2-7H2,1H3;4-6,8-9H,1-3H2;1H3,(H,6,7)/q;;+1;;;;;. The first-order valence-electron chi connectivity index (χ1n) is 54.9. The molecule has 3 saturated heterocycles. The maximum Gasteiger partial charge on any atom is 0.374 e. The molecule has 29 aliphatic rings. The predicted octanol–water partition coefficient (Wildman–Crippen LogP) is 16.9. The highest BCUT2D eigenvalue weighted by Gasteiger charge is 2.71. The van der Waals surface area contributed by atoms with Crippen LogP contribution < -0.4 is 0 Å². The van der Waals surface area contributed by atoms with Gasteiger partial charge in [-0.25, -0.2) is 19.2 Å². The Labute approximate surface area is 853 Å². The number of alkyl halides is 3. The molecule has 3 aromatic carbocycles. The molecule has 3 aliphatic heterocycles. The molecule has 26 saturated carbocycles. The molecule has 25 unspecified atom stereocenters. The maximum absolute atomic E-state index is 12.6. The number of carbonyl (C=O) groups is 8. The van der Waals surface area contributed by atoms with Crippen molar-refractivity contribution in [2.45, 2.75) is 393 Å². The molecule has 790 valence electrons. The molecule has 3 aromatic rings. The van der Waals surface area contributed by atoms with E-state index in [2.05, 4.69) is 132 Å². The van der Waals surface area contributed by atoms with Crippen molar-refractivity contribution in [3.63, 3.8) is 0 Å². The zero-order chi connectivity index (χ0) is 102. The summed E-state index contributed by atoms with van der Waals surface area (Å²) in [5.74, 6) is 0.793. The fraction of sp³-hybridized carbons (Fsp3) is 0.757. The normalized spacial score (nSPS) is 46.1. The Morgan fingerprint density at radius 2 is 0.660 bits per heavy atom. The van der Waals surface area contributed by atoms with Crippen LogP contribution in [0.15, 0.2) is 118 Å². The minimum absolute atomic E-state index is 0.0146. The summed E-state index contributed by atoms with van der Waals surface area (Å²) in [4.78, 5) is 96.8. The molecular formula is C115H154ClF2O25S+. The molecule has 3 heterocycles. The van der Waals surface area contributed by atoms with Crippen molar-refractivity contribution < 1.29 is 131 Å². The zero-order valence-corrected chi connectivity index (χ0v) is 86.4. The Morgan fingerprint density at radius 1 is 0.396 bits per heavy atom. The van der Waals surface area contributed by atoms with E-state index in [4.69, 9.17) is 59.3 Å². The van der Waals surface area contributed by atoms with Crippen molar-refractivity contribution in [3.05, 3.63) is 103 Å². The van der Waals surface area contributed by atoms with Gasteiger partial charge >= 0.3 is 53.7 Å². The van der Waals surface area contributed by atoms with Gasteiger partial charge < -0.3 is 83.5 Å². The topological polar surface area (TPSA) is 381 Å². The van der Waals surface area contributed by atoms with E-state index >= 15 is 0 Å². The molecule has 29 fully saturated rings. The Balaban J connectivity index is 0.000000103. The molecule has 29 heteroatoms. The summed E-state index contributed by atoms with van der Waals surface area (Å²) >= 11 is 5.38. The Hall–Kier alpha value is -6.70. The number of rotatable bonds is 21. The number of carboxylic acids is 1. The van der Waals surface area contributed by atoms with Crippen LogP contribution in [0.1, 0.15) is 280 Å². The van der Waals surface area contributed by atoms with Gasteiger partial charge in [-0.1, -0.05) is 95.8 Å². The number of esters is 7. The van der Waals surface area contributed by atoms with E-state index in [1.54, 1.807) is 6.92 Å². The number of aliphatic hydroxyl groups is 7. The highest BCUT2D eigenvalue weighted by Crippen LogP contribution is 2.69. The third kappa shape index (κ3) is 19.2. The zero-order valence-electron chi connectivity index (χ0n) is 84.8. The summed E-state index contributed by atoms with van der Waals surface area (Å²) in [6.45, 7) is 16.1. The van der Waals surface area contributed by atoms with E-state index in [1.165, 1.54) is 14.7 Å². The van der Waals surface area contributed by atoms with Gasteiger partial charge in [0.25, 0.3) is 0 Å². The lowest BCUT2D eigenvalue weighted by molar-refractivity contribution is -0.244. The van der Waals surface area contributed by atoms with E-state index in [0.717, 1.165) is 231 Å². The molecule has 26 aliphatic carbocycles. The molecule has 25 atom stereocenters. The monoisotopic (exact) mass is 2040 g/mol. The second-order valence-electron chi connectivity index (χ2n) is 49.8. The highest BCUT2D eigenvalue weighted by molar-refractivity contribution is 7.97. The molecule has 0 spiro atoms. The van der Waals surface area contributed by atoms with Gasteiger partial charge in [0.05, 0.1) is 79.1 Å². The van der Waals surface area contributed by atoms with Crippen LogP contribution in [-0.2, 0) is 91.9 Å². The molecule has 0 radical (unpaired) electrons. The number of fused-ring (bicyclic) bond motifs is 3. The summed E-state index contributed by atoms with van der Waals surface area (Å²) in [5, 5.41) is 82.2. The van der Waals surface area contributed by atoms with E-state index in [-0.39, 0.29) is 167 Å². The number of aliphatic carboxylic acids is 1. The Kier molecular flexibility index (Phi) is 28.6. The van der Waals surface area contributed by atoms with E-state index in [0.29, 0.717) is 107 Å². The van der Waals surface area contributed by atoms with Gasteiger partial charge in [-0.05, 0) is 351 Å². The SMILES string of the molecule is C=C(C)C(=O)OC1(CC)C2CC3CC1CC(O)(C3)C2.CC(F)(F)C(=O)O.CCC1(O)C2CC3CC1CC(O)(C3)C2.CCC1(O)C2CC3CC1CC(O)(C3)C2.CCC1(O)C2CC3CC1CC(OCC(=O)OC1C4CC5C(=O)OC1C5C4)(C3)C2.CCC1(O)C2CC3CC1CC(OCC(=O)OC1C4CC5C(=O)OC1C5C4)(C3)C2.O=C(CCl)OC1C2CC3C(=O)OC1C3C2.c1ccc([S+](c2ccccc2)c2ccccc2)cc1. The highest BCUT2D eigenvalue weighted by atomic mass is 35.5. The summed E-state index contributed by atoms with van der Waals surface area (Å²) in [7, 11) is -0.0146. The van der Waals surface area contributed by atoms with E-state index in [1.807, 2.05) is 0 Å². The summed E-state index contributed by atoms with van der Waals surface area (Å²) in [6, 6.07) is 32.2. The van der Waals surface area contributed by atoms with Crippen LogP contribution in [0, 0.1) is 142 Å². The number of hydrogen-bond acceptors (Lipinski definition) is 24. The number of halogens is 3. The predicted molar refractivity (Wildman–Crippen MR) is 524 cm³/mol. The van der Waals surface area contributed by atoms with Crippen LogP contribution in [-0.4, -0.2) is 206 Å². The van der Waals surface area contributed by atoms with Crippen molar-refractivity contribution in [2.24, 2.45) is 142 Å². The third-order valence-electron chi connectivity index (χ3n) is 41.7. The first kappa shape index (κ1) is 104. The summed E-state index contributed by atoms with van der Waals surface area (Å²) in [5.41, 5.74) is -3.67. The van der Waals surface area contributed by atoms with Crippen LogP contribution in [0.5, 0.6) is 0 Å². The molecule has 32 rings (SSSR count). The average Bonchev–Trinajstić information content (AvgIpc) is 1.33. The Bertz CT molecular complexity index is 4900.